The molecule has 304 valence electrons. The number of carbonyl (C=O) groups excluding carboxylic acids is 4. The van der Waals surface area contributed by atoms with E-state index < -0.39 is 149 Å². The van der Waals surface area contributed by atoms with E-state index in [1.54, 1.807) is 0 Å². The highest BCUT2D eigenvalue weighted by Gasteiger charge is 2.55. The average molecular weight is 795 g/mol. The summed E-state index contributed by atoms with van der Waals surface area (Å²) in [6, 6.07) is 3.54. The van der Waals surface area contributed by atoms with Crippen molar-refractivity contribution in [2.24, 2.45) is 0 Å². The lowest BCUT2D eigenvalue weighted by Crippen LogP contribution is -2.65. The van der Waals surface area contributed by atoms with Crippen LogP contribution in [-0.2, 0) is 52.3 Å². The molecule has 0 saturated carbocycles. The second-order valence-electron chi connectivity index (χ2n) is 12.8. The van der Waals surface area contributed by atoms with E-state index in [4.69, 9.17) is 42.3 Å². The van der Waals surface area contributed by atoms with Gasteiger partial charge in [0.25, 0.3) is 0 Å². The van der Waals surface area contributed by atoms with Gasteiger partial charge in [-0.2, -0.15) is 0 Å². The van der Waals surface area contributed by atoms with Gasteiger partial charge in [-0.25, -0.2) is 0 Å². The Kier molecular flexibility index (Phi) is 12.1. The number of benzene rings is 2. The van der Waals surface area contributed by atoms with Crippen molar-refractivity contribution in [2.45, 2.75) is 96.0 Å². The highest BCUT2D eigenvalue weighted by Crippen LogP contribution is 2.43. The summed E-state index contributed by atoms with van der Waals surface area (Å²) in [4.78, 5) is 62.5. The number of aromatic hydroxyl groups is 5. The summed E-state index contributed by atoms with van der Waals surface area (Å²) in [7, 11) is 0. The first-order chi connectivity index (χ1) is 26.3. The van der Waals surface area contributed by atoms with Gasteiger partial charge in [-0.15, -0.1) is 0 Å². The van der Waals surface area contributed by atoms with Crippen LogP contribution in [0.1, 0.15) is 34.6 Å². The molecule has 2 aliphatic heterocycles. The van der Waals surface area contributed by atoms with Crippen LogP contribution in [0, 0.1) is 0 Å². The maximum Gasteiger partial charge on any atom is 0.303 e. The van der Waals surface area contributed by atoms with Crippen molar-refractivity contribution in [1.29, 1.82) is 0 Å². The summed E-state index contributed by atoms with van der Waals surface area (Å²) in [5.74, 6) is -8.99. The molecule has 3 aromatic rings. The van der Waals surface area contributed by atoms with Crippen LogP contribution in [0.5, 0.6) is 34.5 Å². The molecule has 56 heavy (non-hydrogen) atoms. The summed E-state index contributed by atoms with van der Waals surface area (Å²) in [6.07, 6.45) is -17.0. The third-order valence-electron chi connectivity index (χ3n) is 8.50. The SMILES string of the molecule is CC(=O)OC[C@H]1O[C@@H](O[C@@H]2[C@@H](OC(C)=O)[C@H](OC(C)=O)[C@H](Oc3c(-c4cc(O)c(O)c(O)c4)oc4cc(O)cc(O)c4c3=O)O[C@H]2C)[C@H](O)[C@@H](OC(C)=O)[C@@H]1O. The molecule has 21 heteroatoms. The quantitative estimate of drug-likeness (QED) is 0.0824. The number of rotatable bonds is 10. The fourth-order valence-electron chi connectivity index (χ4n) is 6.15. The van der Waals surface area contributed by atoms with Crippen LogP contribution >= 0.6 is 0 Å². The number of hydrogen-bond donors (Lipinski definition) is 7. The van der Waals surface area contributed by atoms with Crippen molar-refractivity contribution < 1.29 is 97.2 Å². The first-order valence-corrected chi connectivity index (χ1v) is 16.7. The van der Waals surface area contributed by atoms with E-state index in [0.717, 1.165) is 52.0 Å². The lowest BCUT2D eigenvalue weighted by molar-refractivity contribution is -0.350. The number of phenols is 5. The predicted molar refractivity (Wildman–Crippen MR) is 180 cm³/mol. The van der Waals surface area contributed by atoms with Crippen LogP contribution in [0.4, 0.5) is 0 Å². The molecule has 0 aliphatic carbocycles. The highest BCUT2D eigenvalue weighted by molar-refractivity contribution is 5.88. The van der Waals surface area contributed by atoms with Crippen molar-refractivity contribution in [3.05, 3.63) is 34.5 Å². The summed E-state index contributed by atoms with van der Waals surface area (Å²) in [5.41, 5.74) is -1.83. The zero-order chi connectivity index (χ0) is 41.3. The second-order valence-corrected chi connectivity index (χ2v) is 12.8. The van der Waals surface area contributed by atoms with Crippen LogP contribution < -0.4 is 10.2 Å². The van der Waals surface area contributed by atoms with E-state index in [1.807, 2.05) is 0 Å². The van der Waals surface area contributed by atoms with Gasteiger partial charge in [0.1, 0.15) is 53.5 Å². The van der Waals surface area contributed by atoms with Crippen LogP contribution in [-0.4, -0.2) is 128 Å². The van der Waals surface area contributed by atoms with E-state index in [9.17, 15) is 59.7 Å². The molecule has 1 aromatic heterocycles. The minimum Gasteiger partial charge on any atom is -0.508 e. The molecule has 0 radical (unpaired) electrons. The number of phenolic OH excluding ortho intramolecular Hbond substituents is 5. The Balaban J connectivity index is 1.59. The summed E-state index contributed by atoms with van der Waals surface area (Å²) in [5, 5.41) is 72.6. The average Bonchev–Trinajstić information content (AvgIpc) is 3.09. The Labute approximate surface area is 315 Å². The van der Waals surface area contributed by atoms with Gasteiger partial charge < -0.3 is 78.1 Å². The van der Waals surface area contributed by atoms with E-state index in [2.05, 4.69) is 0 Å². The molecule has 2 fully saturated rings. The zero-order valence-corrected chi connectivity index (χ0v) is 30.1. The van der Waals surface area contributed by atoms with Crippen LogP contribution in [0.2, 0.25) is 0 Å². The molecule has 7 N–H and O–H groups in total. The fraction of sp³-hybridized carbons (Fsp3) is 0.457. The Hall–Kier alpha value is -5.87. The van der Waals surface area contributed by atoms with Gasteiger partial charge in [-0.05, 0) is 19.1 Å². The van der Waals surface area contributed by atoms with Gasteiger partial charge in [0, 0.05) is 45.4 Å². The minimum atomic E-state index is -1.93. The fourth-order valence-corrected chi connectivity index (χ4v) is 6.15. The molecule has 0 unspecified atom stereocenters. The molecule has 2 aliphatic rings. The maximum atomic E-state index is 14.1. The summed E-state index contributed by atoms with van der Waals surface area (Å²) < 4.78 is 50.7. The molecule has 5 rings (SSSR count). The molecule has 3 heterocycles. The lowest BCUT2D eigenvalue weighted by atomic mass is 9.96. The Morgan fingerprint density at radius 2 is 1.29 bits per heavy atom. The maximum absolute atomic E-state index is 14.1. The topological polar surface area (TPSA) is 314 Å². The smallest absolute Gasteiger partial charge is 0.303 e. The van der Waals surface area contributed by atoms with Crippen molar-refractivity contribution in [1.82, 2.24) is 0 Å². The second kappa shape index (κ2) is 16.5. The number of fused-ring (bicyclic) bond motifs is 1. The number of esters is 4. The van der Waals surface area contributed by atoms with E-state index in [0.29, 0.717) is 0 Å². The molecule has 2 aromatic carbocycles. The first kappa shape index (κ1) is 41.3. The largest absolute Gasteiger partial charge is 0.508 e. The standard InChI is InChI=1S/C35H38O21/c1-11-28(55-34-27(47)30(50-13(3)37)25(45)22(54-34)10-48-12(2)36)32(51-14(4)38)33(52-15(5)39)35(49-11)56-31-26(46)23-18(41)8-17(40)9-21(23)53-29(31)16-6-19(42)24(44)20(43)7-16/h6-9,11,22,25,27-28,30,32-35,40-45,47H,10H2,1-5H3/t11-,22+,25+,27+,28-,30-,32+,33-,34-,35-/m0/s1. The molecule has 0 spiro atoms. The molecular formula is C35H38O21. The van der Waals surface area contributed by atoms with E-state index in [1.165, 1.54) is 6.92 Å². The monoisotopic (exact) mass is 794 g/mol. The van der Waals surface area contributed by atoms with Gasteiger partial charge >= 0.3 is 23.9 Å². The molecule has 0 amide bonds. The van der Waals surface area contributed by atoms with Gasteiger partial charge in [0.2, 0.25) is 23.6 Å². The predicted octanol–water partition coefficient (Wildman–Crippen LogP) is 0.302. The molecule has 0 bridgehead atoms. The zero-order valence-electron chi connectivity index (χ0n) is 30.1. The van der Waals surface area contributed by atoms with Crippen molar-refractivity contribution >= 4 is 34.8 Å². The van der Waals surface area contributed by atoms with Crippen LogP contribution in [0.25, 0.3) is 22.3 Å². The number of aliphatic hydroxyl groups excluding tert-OH is 2. The van der Waals surface area contributed by atoms with Gasteiger partial charge in [0.05, 0.1) is 6.10 Å². The summed E-state index contributed by atoms with van der Waals surface area (Å²) in [6.45, 7) is 4.81. The number of hydrogen-bond acceptors (Lipinski definition) is 21. The normalized spacial score (nSPS) is 27.6. The number of carbonyl (C=O) groups is 4. The third-order valence-corrected chi connectivity index (χ3v) is 8.50. The molecule has 10 atom stereocenters. The lowest BCUT2D eigenvalue weighted by Gasteiger charge is -2.47. The van der Waals surface area contributed by atoms with E-state index in [-0.39, 0.29) is 5.56 Å². The van der Waals surface area contributed by atoms with Crippen LogP contribution in [0.15, 0.2) is 33.5 Å². The molecule has 21 nitrogen and oxygen atoms in total. The Bertz CT molecular complexity index is 2040. The number of aliphatic hydroxyl groups is 2. The Morgan fingerprint density at radius 3 is 1.88 bits per heavy atom. The number of ether oxygens (including phenoxy) is 8. The van der Waals surface area contributed by atoms with Crippen molar-refractivity contribution in [3.63, 3.8) is 0 Å². The van der Waals surface area contributed by atoms with Crippen LogP contribution in [0.3, 0.4) is 0 Å². The highest BCUT2D eigenvalue weighted by atomic mass is 16.8. The first-order valence-electron chi connectivity index (χ1n) is 16.7. The molecule has 2 saturated heterocycles. The minimum absolute atomic E-state index is 0.295. The van der Waals surface area contributed by atoms with Gasteiger partial charge in [-0.1, -0.05) is 0 Å². The van der Waals surface area contributed by atoms with E-state index >= 15 is 0 Å². The van der Waals surface area contributed by atoms with Crippen molar-refractivity contribution in [3.8, 4) is 45.8 Å². The summed E-state index contributed by atoms with van der Waals surface area (Å²) >= 11 is 0. The third kappa shape index (κ3) is 8.66. The molecular weight excluding hydrogens is 756 g/mol. The Morgan fingerprint density at radius 1 is 0.696 bits per heavy atom. The van der Waals surface area contributed by atoms with Crippen molar-refractivity contribution in [2.75, 3.05) is 6.61 Å². The van der Waals surface area contributed by atoms with Gasteiger partial charge in [-0.3, -0.25) is 24.0 Å². The van der Waals surface area contributed by atoms with Gasteiger partial charge in [0.15, 0.2) is 41.5 Å².